The number of methoxy groups -OCH3 is 1. The summed E-state index contributed by atoms with van der Waals surface area (Å²) in [4.78, 5) is 0.147. The first-order chi connectivity index (χ1) is 13.3. The van der Waals surface area contributed by atoms with E-state index in [1.807, 2.05) is 12.1 Å². The molecule has 28 heavy (non-hydrogen) atoms. The molecular weight excluding hydrogens is 398 g/mol. The van der Waals surface area contributed by atoms with Crippen LogP contribution in [-0.4, -0.2) is 22.1 Å². The molecule has 2 aromatic carbocycles. The van der Waals surface area contributed by atoms with Crippen molar-refractivity contribution in [3.8, 4) is 11.5 Å². The largest absolute Gasteiger partial charge is 0.493 e. The summed E-state index contributed by atoms with van der Waals surface area (Å²) in [6.07, 6.45) is 4.80. The summed E-state index contributed by atoms with van der Waals surface area (Å²) >= 11 is 6.11. The highest BCUT2D eigenvalue weighted by molar-refractivity contribution is 7.89. The van der Waals surface area contributed by atoms with Crippen molar-refractivity contribution in [2.24, 2.45) is 16.5 Å². The molecule has 1 spiro atoms. The third-order valence-corrected chi connectivity index (χ3v) is 7.46. The lowest BCUT2D eigenvalue weighted by Gasteiger charge is -2.12. The van der Waals surface area contributed by atoms with Crippen LogP contribution in [0.1, 0.15) is 37.2 Å². The lowest BCUT2D eigenvalue weighted by atomic mass is 9.97. The molecule has 0 bridgehead atoms. The molecule has 0 aliphatic heterocycles. The highest BCUT2D eigenvalue weighted by Crippen LogP contribution is 2.72. The number of nitrogens with two attached hydrogens (primary N) is 1. The molecule has 150 valence electrons. The standard InChI is InChI=1S/C21H24ClNO4S/c1-26-18-9-6-15(22)12-19(18)27-13-17-20(21(17)10-2-3-11-21)14-4-7-16(8-5-14)28(23,24)25/h4-9,12,17,20H,2-3,10-11,13H2,1H3,(H2,23,24,25). The monoisotopic (exact) mass is 421 g/mol. The predicted molar refractivity (Wildman–Crippen MR) is 108 cm³/mol. The maximum absolute atomic E-state index is 11.5. The van der Waals surface area contributed by atoms with E-state index in [4.69, 9.17) is 26.2 Å². The van der Waals surface area contributed by atoms with Crippen LogP contribution in [-0.2, 0) is 10.0 Å². The molecule has 7 heteroatoms. The van der Waals surface area contributed by atoms with E-state index in [0.29, 0.717) is 35.0 Å². The van der Waals surface area contributed by atoms with Gasteiger partial charge in [0.25, 0.3) is 0 Å². The first-order valence-corrected chi connectivity index (χ1v) is 11.4. The fraction of sp³-hybridized carbons (Fsp3) is 0.429. The number of halogens is 1. The third kappa shape index (κ3) is 3.49. The zero-order valence-electron chi connectivity index (χ0n) is 15.7. The van der Waals surface area contributed by atoms with Crippen LogP contribution >= 0.6 is 11.6 Å². The van der Waals surface area contributed by atoms with Gasteiger partial charge in [-0.3, -0.25) is 0 Å². The van der Waals surface area contributed by atoms with Crippen LogP contribution in [0.25, 0.3) is 0 Å². The quantitative estimate of drug-likeness (QED) is 0.752. The van der Waals surface area contributed by atoms with Crippen LogP contribution in [0, 0.1) is 11.3 Å². The van der Waals surface area contributed by atoms with Gasteiger partial charge in [-0.05, 0) is 54.0 Å². The number of rotatable bonds is 6. The van der Waals surface area contributed by atoms with E-state index in [9.17, 15) is 8.42 Å². The summed E-state index contributed by atoms with van der Waals surface area (Å²) in [7, 11) is -2.06. The fourth-order valence-electron chi connectivity index (χ4n) is 4.93. The van der Waals surface area contributed by atoms with Crippen molar-refractivity contribution in [1.82, 2.24) is 0 Å². The molecule has 4 rings (SSSR count). The summed E-state index contributed by atoms with van der Waals surface area (Å²) < 4.78 is 34.6. The normalized spacial score (nSPS) is 23.0. The van der Waals surface area contributed by atoms with E-state index in [1.165, 1.54) is 25.7 Å². The van der Waals surface area contributed by atoms with Crippen LogP contribution in [0.2, 0.25) is 5.02 Å². The Balaban J connectivity index is 1.54. The minimum atomic E-state index is -3.68. The van der Waals surface area contributed by atoms with Crippen LogP contribution in [0.15, 0.2) is 47.4 Å². The lowest BCUT2D eigenvalue weighted by molar-refractivity contribution is 0.257. The van der Waals surface area contributed by atoms with Gasteiger partial charge in [0.2, 0.25) is 10.0 Å². The second kappa shape index (κ2) is 7.25. The van der Waals surface area contributed by atoms with Gasteiger partial charge in [0, 0.05) is 17.0 Å². The van der Waals surface area contributed by atoms with E-state index in [-0.39, 0.29) is 10.3 Å². The molecule has 2 aliphatic rings. The van der Waals surface area contributed by atoms with Crippen LogP contribution < -0.4 is 14.6 Å². The third-order valence-electron chi connectivity index (χ3n) is 6.30. The van der Waals surface area contributed by atoms with Gasteiger partial charge in [0.1, 0.15) is 0 Å². The Morgan fingerprint density at radius 1 is 1.11 bits per heavy atom. The van der Waals surface area contributed by atoms with Gasteiger partial charge in [-0.1, -0.05) is 36.6 Å². The maximum atomic E-state index is 11.5. The SMILES string of the molecule is COc1ccc(Cl)cc1OCC1C(c2ccc(S(N)(=O)=O)cc2)C12CCCC2. The van der Waals surface area contributed by atoms with Gasteiger partial charge >= 0.3 is 0 Å². The zero-order valence-corrected chi connectivity index (χ0v) is 17.3. The minimum Gasteiger partial charge on any atom is -0.493 e. The van der Waals surface area contributed by atoms with Crippen molar-refractivity contribution in [1.29, 1.82) is 0 Å². The van der Waals surface area contributed by atoms with Crippen LogP contribution in [0.4, 0.5) is 0 Å². The molecule has 0 amide bonds. The Hall–Kier alpha value is -1.76. The molecule has 0 radical (unpaired) electrons. The summed E-state index contributed by atoms with van der Waals surface area (Å²) in [5.41, 5.74) is 1.40. The van der Waals surface area contributed by atoms with Crippen molar-refractivity contribution in [3.63, 3.8) is 0 Å². The van der Waals surface area contributed by atoms with Gasteiger partial charge in [-0.15, -0.1) is 0 Å². The van der Waals surface area contributed by atoms with Crippen molar-refractivity contribution in [2.75, 3.05) is 13.7 Å². The van der Waals surface area contributed by atoms with Crippen molar-refractivity contribution >= 4 is 21.6 Å². The average molecular weight is 422 g/mol. The predicted octanol–water partition coefficient (Wildman–Crippen LogP) is 4.35. The Morgan fingerprint density at radius 2 is 1.79 bits per heavy atom. The molecule has 0 heterocycles. The van der Waals surface area contributed by atoms with E-state index in [0.717, 1.165) is 5.56 Å². The first kappa shape index (κ1) is 19.6. The second-order valence-corrected chi connectivity index (χ2v) is 9.74. The molecule has 0 aromatic heterocycles. The Morgan fingerprint density at radius 3 is 2.39 bits per heavy atom. The number of ether oxygens (including phenoxy) is 2. The second-order valence-electron chi connectivity index (χ2n) is 7.74. The molecular formula is C21H24ClNO4S. The Kier molecular flexibility index (Phi) is 5.06. The molecule has 0 saturated heterocycles. The molecule has 5 nitrogen and oxygen atoms in total. The van der Waals surface area contributed by atoms with E-state index < -0.39 is 10.0 Å². The summed E-state index contributed by atoms with van der Waals surface area (Å²) in [6, 6.07) is 12.3. The molecule has 2 unspecified atom stereocenters. The minimum absolute atomic E-state index is 0.147. The summed E-state index contributed by atoms with van der Waals surface area (Å²) in [5, 5.41) is 5.83. The topological polar surface area (TPSA) is 78.6 Å². The van der Waals surface area contributed by atoms with E-state index in [1.54, 1.807) is 37.4 Å². The van der Waals surface area contributed by atoms with Gasteiger partial charge < -0.3 is 9.47 Å². The van der Waals surface area contributed by atoms with Gasteiger partial charge in [-0.25, -0.2) is 13.6 Å². The van der Waals surface area contributed by atoms with Gasteiger partial charge in [0.05, 0.1) is 18.6 Å². The van der Waals surface area contributed by atoms with Crippen molar-refractivity contribution < 1.29 is 17.9 Å². The highest BCUT2D eigenvalue weighted by atomic mass is 35.5. The summed E-state index contributed by atoms with van der Waals surface area (Å²) in [6.45, 7) is 0.582. The number of benzene rings is 2. The van der Waals surface area contributed by atoms with E-state index >= 15 is 0 Å². The lowest BCUT2D eigenvalue weighted by Crippen LogP contribution is -2.11. The molecule has 2 atom stereocenters. The van der Waals surface area contributed by atoms with E-state index in [2.05, 4.69) is 0 Å². The first-order valence-electron chi connectivity index (χ1n) is 9.44. The fourth-order valence-corrected chi connectivity index (χ4v) is 5.60. The van der Waals surface area contributed by atoms with Crippen molar-refractivity contribution in [2.45, 2.75) is 36.5 Å². The molecule has 2 N–H and O–H groups in total. The highest BCUT2D eigenvalue weighted by Gasteiger charge is 2.65. The maximum Gasteiger partial charge on any atom is 0.238 e. The molecule has 2 aromatic rings. The zero-order chi connectivity index (χ0) is 19.9. The molecule has 2 fully saturated rings. The molecule has 2 aliphatic carbocycles. The number of sulfonamides is 1. The Bertz CT molecular complexity index is 968. The number of primary sulfonamides is 1. The van der Waals surface area contributed by atoms with Crippen LogP contribution in [0.3, 0.4) is 0 Å². The number of hydrogen-bond acceptors (Lipinski definition) is 4. The van der Waals surface area contributed by atoms with Gasteiger partial charge in [0.15, 0.2) is 11.5 Å². The van der Waals surface area contributed by atoms with Gasteiger partial charge in [-0.2, -0.15) is 0 Å². The molecule has 2 saturated carbocycles. The number of hydrogen-bond donors (Lipinski definition) is 1. The average Bonchev–Trinajstić information content (AvgIpc) is 3.00. The summed E-state index contributed by atoms with van der Waals surface area (Å²) in [5.74, 6) is 2.08. The van der Waals surface area contributed by atoms with Crippen LogP contribution in [0.5, 0.6) is 11.5 Å². The Labute approximate surface area is 170 Å². The smallest absolute Gasteiger partial charge is 0.238 e. The van der Waals surface area contributed by atoms with Crippen molar-refractivity contribution in [3.05, 3.63) is 53.1 Å².